The number of amides is 2. The largest absolute Gasteiger partial charge is 0.481 e. The van der Waals surface area contributed by atoms with Crippen molar-refractivity contribution in [3.05, 3.63) is 18.5 Å². The number of ether oxygens (including phenoxy) is 1. The Bertz CT molecular complexity index is 481. The molecular weight excluding hydrogens is 252 g/mol. The van der Waals surface area contributed by atoms with Gasteiger partial charge in [0, 0.05) is 12.4 Å². The van der Waals surface area contributed by atoms with Crippen LogP contribution in [-0.4, -0.2) is 46.3 Å². The van der Waals surface area contributed by atoms with Gasteiger partial charge in [0.15, 0.2) is 0 Å². The number of aromatic nitrogens is 2. The first-order valence-electron chi connectivity index (χ1n) is 5.68. The molecule has 2 heterocycles. The summed E-state index contributed by atoms with van der Waals surface area (Å²) in [7, 11) is 0. The van der Waals surface area contributed by atoms with Crippen molar-refractivity contribution in [2.24, 2.45) is 5.41 Å². The molecule has 2 amide bonds. The smallest absolute Gasteiger partial charge is 0.321 e. The summed E-state index contributed by atoms with van der Waals surface area (Å²) < 4.78 is 5.13. The Hall–Kier alpha value is -2.22. The first-order chi connectivity index (χ1) is 9.02. The predicted octanol–water partition coefficient (Wildman–Crippen LogP) is 0.0878. The van der Waals surface area contributed by atoms with Crippen LogP contribution in [0.4, 0.5) is 10.7 Å². The quantitative estimate of drug-likeness (QED) is 0.714. The van der Waals surface area contributed by atoms with E-state index < -0.39 is 23.5 Å². The molecule has 3 N–H and O–H groups in total. The molecule has 1 saturated heterocycles. The second-order valence-corrected chi connectivity index (χ2v) is 4.46. The van der Waals surface area contributed by atoms with E-state index in [2.05, 4.69) is 20.6 Å². The maximum absolute atomic E-state index is 11.7. The third-order valence-electron chi connectivity index (χ3n) is 3.04. The van der Waals surface area contributed by atoms with Crippen molar-refractivity contribution in [2.75, 3.05) is 18.5 Å². The van der Waals surface area contributed by atoms with Crippen molar-refractivity contribution in [2.45, 2.75) is 13.0 Å². The minimum absolute atomic E-state index is 0.0646. The molecule has 0 aliphatic carbocycles. The van der Waals surface area contributed by atoms with Crippen LogP contribution >= 0.6 is 0 Å². The molecule has 8 heteroatoms. The number of hydrogen-bond acceptors (Lipinski definition) is 5. The summed E-state index contributed by atoms with van der Waals surface area (Å²) >= 11 is 0. The van der Waals surface area contributed by atoms with Crippen molar-refractivity contribution < 1.29 is 19.4 Å². The van der Waals surface area contributed by atoms with E-state index in [9.17, 15) is 9.59 Å². The van der Waals surface area contributed by atoms with E-state index in [1.807, 2.05) is 0 Å². The number of carbonyl (C=O) groups excluding carboxylic acids is 1. The predicted molar refractivity (Wildman–Crippen MR) is 64.5 cm³/mol. The van der Waals surface area contributed by atoms with Crippen LogP contribution in [0.1, 0.15) is 6.92 Å². The standard InChI is InChI=1S/C11H14N4O4/c1-11(8(16)17)6-19-5-7(11)14-10(18)15-9-12-3-2-4-13-9/h2-4,7H,5-6H2,1H3,(H,16,17)(H2,12,13,14,15,18). The van der Waals surface area contributed by atoms with Crippen molar-refractivity contribution in [3.63, 3.8) is 0 Å². The summed E-state index contributed by atoms with van der Waals surface area (Å²) in [6, 6.07) is 0.456. The second kappa shape index (κ2) is 5.19. The van der Waals surface area contributed by atoms with Crippen LogP contribution in [0.3, 0.4) is 0 Å². The molecule has 1 aliphatic heterocycles. The lowest BCUT2D eigenvalue weighted by Crippen LogP contribution is -2.50. The summed E-state index contributed by atoms with van der Waals surface area (Å²) in [5.41, 5.74) is -1.13. The molecule has 2 atom stereocenters. The van der Waals surface area contributed by atoms with Gasteiger partial charge in [0.2, 0.25) is 5.95 Å². The van der Waals surface area contributed by atoms with Gasteiger partial charge < -0.3 is 15.2 Å². The minimum Gasteiger partial charge on any atom is -0.481 e. The highest BCUT2D eigenvalue weighted by atomic mass is 16.5. The Morgan fingerprint density at radius 1 is 1.47 bits per heavy atom. The summed E-state index contributed by atoms with van der Waals surface area (Å²) in [5, 5.41) is 14.2. The Kier molecular flexibility index (Phi) is 3.61. The second-order valence-electron chi connectivity index (χ2n) is 4.46. The van der Waals surface area contributed by atoms with Gasteiger partial charge in [-0.25, -0.2) is 14.8 Å². The summed E-state index contributed by atoms with van der Waals surface area (Å²) in [6.07, 6.45) is 2.98. The van der Waals surface area contributed by atoms with Crippen LogP contribution in [0.15, 0.2) is 18.5 Å². The molecular formula is C11H14N4O4. The zero-order valence-electron chi connectivity index (χ0n) is 10.3. The number of urea groups is 1. The van der Waals surface area contributed by atoms with Gasteiger partial charge in [0.1, 0.15) is 5.41 Å². The summed E-state index contributed by atoms with van der Waals surface area (Å²) in [4.78, 5) is 30.6. The Balaban J connectivity index is 1.97. The van der Waals surface area contributed by atoms with E-state index in [-0.39, 0.29) is 19.2 Å². The first-order valence-corrected chi connectivity index (χ1v) is 5.68. The van der Waals surface area contributed by atoms with Gasteiger partial charge >= 0.3 is 12.0 Å². The molecule has 2 rings (SSSR count). The fraction of sp³-hybridized carbons (Fsp3) is 0.455. The molecule has 2 unspecified atom stereocenters. The normalized spacial score (nSPS) is 25.8. The molecule has 0 spiro atoms. The molecule has 8 nitrogen and oxygen atoms in total. The Morgan fingerprint density at radius 2 is 2.16 bits per heavy atom. The molecule has 1 aromatic rings. The van der Waals surface area contributed by atoms with Crippen LogP contribution in [0.5, 0.6) is 0 Å². The van der Waals surface area contributed by atoms with E-state index in [1.165, 1.54) is 19.3 Å². The summed E-state index contributed by atoms with van der Waals surface area (Å²) in [5.74, 6) is -0.859. The van der Waals surface area contributed by atoms with Crippen LogP contribution in [-0.2, 0) is 9.53 Å². The highest BCUT2D eigenvalue weighted by molar-refractivity contribution is 5.88. The van der Waals surface area contributed by atoms with Crippen LogP contribution in [0.25, 0.3) is 0 Å². The molecule has 19 heavy (non-hydrogen) atoms. The van der Waals surface area contributed by atoms with Gasteiger partial charge in [-0.15, -0.1) is 0 Å². The van der Waals surface area contributed by atoms with Gasteiger partial charge in [0.25, 0.3) is 0 Å². The fourth-order valence-electron chi connectivity index (χ4n) is 1.74. The molecule has 102 valence electrons. The molecule has 0 radical (unpaired) electrons. The van der Waals surface area contributed by atoms with Crippen molar-refractivity contribution >= 4 is 17.9 Å². The summed E-state index contributed by atoms with van der Waals surface area (Å²) in [6.45, 7) is 1.76. The van der Waals surface area contributed by atoms with E-state index in [4.69, 9.17) is 9.84 Å². The van der Waals surface area contributed by atoms with Crippen molar-refractivity contribution in [1.82, 2.24) is 15.3 Å². The Labute approximate surface area is 109 Å². The van der Waals surface area contributed by atoms with E-state index >= 15 is 0 Å². The van der Waals surface area contributed by atoms with Crippen LogP contribution < -0.4 is 10.6 Å². The average molecular weight is 266 g/mol. The van der Waals surface area contributed by atoms with E-state index in [0.717, 1.165) is 0 Å². The molecule has 0 bridgehead atoms. The number of nitrogens with zero attached hydrogens (tertiary/aromatic N) is 2. The molecule has 0 saturated carbocycles. The number of aliphatic carboxylic acids is 1. The average Bonchev–Trinajstić information content (AvgIpc) is 2.73. The lowest BCUT2D eigenvalue weighted by atomic mass is 9.85. The zero-order chi connectivity index (χ0) is 13.9. The van der Waals surface area contributed by atoms with Crippen LogP contribution in [0, 0.1) is 5.41 Å². The minimum atomic E-state index is -1.13. The van der Waals surface area contributed by atoms with Crippen LogP contribution in [0.2, 0.25) is 0 Å². The maximum atomic E-state index is 11.7. The number of carbonyl (C=O) groups is 2. The highest BCUT2D eigenvalue weighted by Crippen LogP contribution is 2.28. The maximum Gasteiger partial charge on any atom is 0.321 e. The number of anilines is 1. The number of hydrogen-bond donors (Lipinski definition) is 3. The van der Waals surface area contributed by atoms with Gasteiger partial charge in [0.05, 0.1) is 19.3 Å². The van der Waals surface area contributed by atoms with Gasteiger partial charge in [-0.05, 0) is 13.0 Å². The van der Waals surface area contributed by atoms with Gasteiger partial charge in [-0.3, -0.25) is 10.1 Å². The Morgan fingerprint density at radius 3 is 2.79 bits per heavy atom. The van der Waals surface area contributed by atoms with Gasteiger partial charge in [-0.1, -0.05) is 0 Å². The molecule has 1 aromatic heterocycles. The first kappa shape index (κ1) is 13.2. The topological polar surface area (TPSA) is 113 Å². The third-order valence-corrected chi connectivity index (χ3v) is 3.04. The SMILES string of the molecule is CC1(C(=O)O)COCC1NC(=O)Nc1ncccn1. The fourth-order valence-corrected chi connectivity index (χ4v) is 1.74. The third kappa shape index (κ3) is 2.79. The number of carboxylic acids is 1. The molecule has 1 fully saturated rings. The van der Waals surface area contributed by atoms with Crippen molar-refractivity contribution in [1.29, 1.82) is 0 Å². The molecule has 1 aliphatic rings. The monoisotopic (exact) mass is 266 g/mol. The lowest BCUT2D eigenvalue weighted by molar-refractivity contribution is -0.148. The number of carboxylic acid groups (broad SMARTS) is 1. The molecule has 0 aromatic carbocycles. The lowest BCUT2D eigenvalue weighted by Gasteiger charge is -2.25. The highest BCUT2D eigenvalue weighted by Gasteiger charge is 2.47. The van der Waals surface area contributed by atoms with E-state index in [1.54, 1.807) is 6.07 Å². The number of nitrogens with one attached hydrogen (secondary N) is 2. The number of rotatable bonds is 3. The van der Waals surface area contributed by atoms with Crippen molar-refractivity contribution in [3.8, 4) is 0 Å². The van der Waals surface area contributed by atoms with Gasteiger partial charge in [-0.2, -0.15) is 0 Å². The zero-order valence-corrected chi connectivity index (χ0v) is 10.3. The van der Waals surface area contributed by atoms with E-state index in [0.29, 0.717) is 0 Å².